The van der Waals surface area contributed by atoms with Gasteiger partial charge in [0.15, 0.2) is 12.4 Å². The molecule has 0 spiro atoms. The number of carbonyl (C=O) groups is 4. The predicted octanol–water partition coefficient (Wildman–Crippen LogP) is 6.13. The molecule has 3 aliphatic carbocycles. The maximum Gasteiger partial charge on any atom is 0.338 e. The zero-order valence-electron chi connectivity index (χ0n) is 22.3. The van der Waals surface area contributed by atoms with Crippen LogP contribution in [0.5, 0.6) is 0 Å². The van der Waals surface area contributed by atoms with E-state index in [9.17, 15) is 19.2 Å². The van der Waals surface area contributed by atoms with Crippen LogP contribution in [0.3, 0.4) is 0 Å². The van der Waals surface area contributed by atoms with Crippen LogP contribution in [-0.2, 0) is 24.1 Å². The van der Waals surface area contributed by atoms with Crippen LogP contribution in [-0.4, -0.2) is 30.2 Å². The van der Waals surface area contributed by atoms with Gasteiger partial charge in [-0.2, -0.15) is 0 Å². The third kappa shape index (κ3) is 3.52. The lowest BCUT2D eigenvalue weighted by molar-refractivity contribution is -0.122. The van der Waals surface area contributed by atoms with Crippen molar-refractivity contribution in [3.05, 3.63) is 136 Å². The van der Waals surface area contributed by atoms with Gasteiger partial charge in [0.05, 0.1) is 23.1 Å². The lowest BCUT2D eigenvalue weighted by Crippen LogP contribution is -2.57. The third-order valence-electron chi connectivity index (χ3n) is 8.65. The van der Waals surface area contributed by atoms with Crippen LogP contribution >= 0.6 is 23.2 Å². The Kier molecular flexibility index (Phi) is 5.95. The van der Waals surface area contributed by atoms with Crippen molar-refractivity contribution in [1.82, 2.24) is 0 Å². The normalized spacial score (nSPS) is 25.1. The van der Waals surface area contributed by atoms with Gasteiger partial charge in [0.2, 0.25) is 11.8 Å². The highest BCUT2D eigenvalue weighted by atomic mass is 35.5. The Morgan fingerprint density at radius 3 is 1.57 bits per heavy atom. The van der Waals surface area contributed by atoms with Crippen LogP contribution in [0.15, 0.2) is 97.1 Å². The summed E-state index contributed by atoms with van der Waals surface area (Å²) in [5.41, 5.74) is 4.83. The molecule has 8 heteroatoms. The highest BCUT2D eigenvalue weighted by Crippen LogP contribution is 2.69. The van der Waals surface area contributed by atoms with Crippen molar-refractivity contribution in [2.75, 3.05) is 11.5 Å². The summed E-state index contributed by atoms with van der Waals surface area (Å²) in [6, 6.07) is 27.8. The molecule has 2 bridgehead atoms. The van der Waals surface area contributed by atoms with Crippen LogP contribution in [0, 0.1) is 18.8 Å². The Morgan fingerprint density at radius 2 is 1.12 bits per heavy atom. The van der Waals surface area contributed by atoms with Gasteiger partial charge in [-0.1, -0.05) is 78.4 Å². The van der Waals surface area contributed by atoms with Crippen molar-refractivity contribution in [2.45, 2.75) is 16.7 Å². The van der Waals surface area contributed by atoms with E-state index in [-0.39, 0.29) is 11.3 Å². The van der Waals surface area contributed by atoms with E-state index >= 15 is 0 Å². The molecule has 0 N–H and O–H groups in total. The highest BCUT2D eigenvalue weighted by molar-refractivity contribution is 6.38. The number of aryl methyl sites for hydroxylation is 1. The number of amides is 2. The van der Waals surface area contributed by atoms with Crippen molar-refractivity contribution >= 4 is 52.5 Å². The first-order valence-electron chi connectivity index (χ1n) is 13.5. The molecule has 2 atom stereocenters. The van der Waals surface area contributed by atoms with E-state index in [0.29, 0.717) is 11.3 Å². The standard InChI is InChI=1S/C34H23Cl2NO5/c1-19-10-12-20(13-11-19)27(38)18-42-32(41)21-14-16-22(17-15-21)37-30(39)28-29(31(37)40)34(36)24-7-3-2-6-23(24)33(28,35)25-8-4-5-9-26(25)34/h2-17,28-29H,18H2,1H3/t28-,29-,33?,34?/m1/s1. The van der Waals surface area contributed by atoms with E-state index < -0.39 is 46.0 Å². The number of imide groups is 1. The summed E-state index contributed by atoms with van der Waals surface area (Å²) < 4.78 is 5.22. The summed E-state index contributed by atoms with van der Waals surface area (Å²) in [6.07, 6.45) is 0. The van der Waals surface area contributed by atoms with Crippen LogP contribution < -0.4 is 4.90 Å². The van der Waals surface area contributed by atoms with Crippen LogP contribution in [0.25, 0.3) is 0 Å². The molecule has 0 radical (unpaired) electrons. The summed E-state index contributed by atoms with van der Waals surface area (Å²) in [5, 5.41) is 0. The fourth-order valence-electron chi connectivity index (χ4n) is 6.71. The Bertz CT molecular complexity index is 1690. The number of ether oxygens (including phenoxy) is 1. The first kappa shape index (κ1) is 26.6. The number of rotatable bonds is 5. The number of ketones is 1. The van der Waals surface area contributed by atoms with Gasteiger partial charge in [-0.05, 0) is 53.4 Å². The number of hydrogen-bond donors (Lipinski definition) is 0. The van der Waals surface area contributed by atoms with Crippen LogP contribution in [0.4, 0.5) is 5.69 Å². The molecule has 1 fully saturated rings. The van der Waals surface area contributed by atoms with E-state index in [2.05, 4.69) is 0 Å². The molecule has 4 aromatic rings. The second-order valence-electron chi connectivity index (χ2n) is 10.9. The van der Waals surface area contributed by atoms with Gasteiger partial charge in [-0.15, -0.1) is 23.2 Å². The number of esters is 1. The lowest BCUT2D eigenvalue weighted by Gasteiger charge is -2.54. The molecule has 4 aromatic carbocycles. The molecule has 2 amide bonds. The number of hydrogen-bond acceptors (Lipinski definition) is 5. The fourth-order valence-corrected chi connectivity index (χ4v) is 7.80. The molecular formula is C34H23Cl2NO5. The van der Waals surface area contributed by atoms with Gasteiger partial charge >= 0.3 is 5.97 Å². The first-order chi connectivity index (χ1) is 20.2. The molecule has 0 aromatic heterocycles. The Balaban J connectivity index is 1.18. The smallest absolute Gasteiger partial charge is 0.338 e. The number of Topliss-reactive ketones (excluding diaryl/α,β-unsaturated/α-hetero) is 1. The summed E-state index contributed by atoms with van der Waals surface area (Å²) >= 11 is 14.9. The van der Waals surface area contributed by atoms with E-state index in [1.54, 1.807) is 12.1 Å². The Labute approximate surface area is 251 Å². The minimum absolute atomic E-state index is 0.175. The Hall–Kier alpha value is -4.26. The number of benzene rings is 4. The van der Waals surface area contributed by atoms with E-state index in [1.165, 1.54) is 24.3 Å². The number of halogens is 2. The van der Waals surface area contributed by atoms with Gasteiger partial charge in [0, 0.05) is 5.56 Å². The number of alkyl halides is 2. The lowest BCUT2D eigenvalue weighted by atomic mass is 9.54. The van der Waals surface area contributed by atoms with E-state index in [4.69, 9.17) is 27.9 Å². The summed E-state index contributed by atoms with van der Waals surface area (Å²) in [7, 11) is 0. The fraction of sp³-hybridized carbons (Fsp3) is 0.176. The topological polar surface area (TPSA) is 80.8 Å². The van der Waals surface area contributed by atoms with Gasteiger partial charge in [-0.3, -0.25) is 14.4 Å². The molecule has 208 valence electrons. The van der Waals surface area contributed by atoms with E-state index in [0.717, 1.165) is 32.7 Å². The van der Waals surface area contributed by atoms with Gasteiger partial charge < -0.3 is 4.74 Å². The summed E-state index contributed by atoms with van der Waals surface area (Å²) in [6.45, 7) is 1.51. The molecule has 1 aliphatic heterocycles. The maximum atomic E-state index is 14.1. The zero-order valence-corrected chi connectivity index (χ0v) is 23.9. The summed E-state index contributed by atoms with van der Waals surface area (Å²) in [5.74, 6) is -3.77. The van der Waals surface area contributed by atoms with Gasteiger partial charge in [0.25, 0.3) is 0 Å². The average Bonchev–Trinajstić information content (AvgIpc) is 3.29. The van der Waals surface area contributed by atoms with E-state index in [1.807, 2.05) is 67.6 Å². The van der Waals surface area contributed by atoms with Crippen molar-refractivity contribution in [1.29, 1.82) is 0 Å². The second-order valence-corrected chi connectivity index (χ2v) is 12.1. The predicted molar refractivity (Wildman–Crippen MR) is 158 cm³/mol. The van der Waals surface area contributed by atoms with Crippen LogP contribution in [0.2, 0.25) is 0 Å². The molecule has 0 saturated carbocycles. The molecule has 8 rings (SSSR count). The van der Waals surface area contributed by atoms with Crippen LogP contribution in [0.1, 0.15) is 48.5 Å². The average molecular weight is 596 g/mol. The number of nitrogens with zero attached hydrogens (tertiary/aromatic N) is 1. The second kappa shape index (κ2) is 9.38. The zero-order chi connectivity index (χ0) is 29.4. The van der Waals surface area contributed by atoms with Gasteiger partial charge in [0.1, 0.15) is 9.75 Å². The number of carbonyl (C=O) groups excluding carboxylic acids is 4. The van der Waals surface area contributed by atoms with Crippen molar-refractivity contribution in [3.8, 4) is 0 Å². The SMILES string of the molecule is Cc1ccc(C(=O)COC(=O)c2ccc(N3C(=O)[C@H]4[C@H](C3=O)C3(Cl)c5ccccc5C4(Cl)c4ccccc43)cc2)cc1. The maximum absolute atomic E-state index is 14.1. The third-order valence-corrected chi connectivity index (χ3v) is 9.94. The van der Waals surface area contributed by atoms with Crippen molar-refractivity contribution in [3.63, 3.8) is 0 Å². The Morgan fingerprint density at radius 1 is 0.690 bits per heavy atom. The highest BCUT2D eigenvalue weighted by Gasteiger charge is 2.73. The molecule has 0 unspecified atom stereocenters. The molecular weight excluding hydrogens is 573 g/mol. The summed E-state index contributed by atoms with van der Waals surface area (Å²) in [4.78, 5) is 51.8. The van der Waals surface area contributed by atoms with Crippen molar-refractivity contribution in [2.24, 2.45) is 11.8 Å². The molecule has 1 saturated heterocycles. The largest absolute Gasteiger partial charge is 0.454 e. The van der Waals surface area contributed by atoms with Gasteiger partial charge in [-0.25, -0.2) is 9.69 Å². The minimum Gasteiger partial charge on any atom is -0.454 e. The molecule has 42 heavy (non-hydrogen) atoms. The molecule has 4 aliphatic rings. The molecule has 1 heterocycles. The quantitative estimate of drug-likeness (QED) is 0.120. The first-order valence-corrected chi connectivity index (χ1v) is 14.3. The number of anilines is 1. The van der Waals surface area contributed by atoms with Crippen molar-refractivity contribution < 1.29 is 23.9 Å². The molecule has 6 nitrogen and oxygen atoms in total. The minimum atomic E-state index is -1.27. The monoisotopic (exact) mass is 595 g/mol.